The van der Waals surface area contributed by atoms with Crippen LogP contribution in [0.25, 0.3) is 6.08 Å². The van der Waals surface area contributed by atoms with E-state index in [0.717, 1.165) is 5.69 Å². The quantitative estimate of drug-likeness (QED) is 0.669. The van der Waals surface area contributed by atoms with Crippen molar-refractivity contribution in [3.63, 3.8) is 0 Å². The van der Waals surface area contributed by atoms with E-state index in [1.54, 1.807) is 18.2 Å². The minimum Gasteiger partial charge on any atom is -0.367 e. The summed E-state index contributed by atoms with van der Waals surface area (Å²) < 4.78 is 14.2. The number of hydrogen-bond donors (Lipinski definition) is 1. The molecular formula is C17H13FN2OS2. The van der Waals surface area contributed by atoms with Gasteiger partial charge in [0, 0.05) is 11.3 Å². The summed E-state index contributed by atoms with van der Waals surface area (Å²) in [5.41, 5.74) is 1.28. The molecule has 3 rings (SSSR count). The topological polar surface area (TPSA) is 32.3 Å². The van der Waals surface area contributed by atoms with Gasteiger partial charge < -0.3 is 5.32 Å². The fourth-order valence-electron chi connectivity index (χ4n) is 2.10. The van der Waals surface area contributed by atoms with Gasteiger partial charge in [0.05, 0.1) is 11.6 Å². The number of carbonyl (C=O) groups excluding carboxylic acids is 1. The molecule has 0 atom stereocenters. The Labute approximate surface area is 143 Å². The van der Waals surface area contributed by atoms with Crippen molar-refractivity contribution in [2.75, 3.05) is 12.0 Å². The maximum atomic E-state index is 13.7. The molecule has 0 radical (unpaired) electrons. The maximum Gasteiger partial charge on any atom is 0.267 e. The number of anilines is 1. The van der Waals surface area contributed by atoms with Crippen LogP contribution in [0.5, 0.6) is 0 Å². The van der Waals surface area contributed by atoms with Gasteiger partial charge in [-0.25, -0.2) is 4.39 Å². The van der Waals surface area contributed by atoms with Gasteiger partial charge in [0.1, 0.15) is 10.1 Å². The van der Waals surface area contributed by atoms with Crippen molar-refractivity contribution < 1.29 is 9.18 Å². The first-order chi connectivity index (χ1) is 11.1. The molecule has 6 heteroatoms. The van der Waals surface area contributed by atoms with Gasteiger partial charge in [0.15, 0.2) is 0 Å². The summed E-state index contributed by atoms with van der Waals surface area (Å²) in [5.74, 6) is -0.577. The van der Waals surface area contributed by atoms with E-state index in [1.807, 2.05) is 30.3 Å². The summed E-state index contributed by atoms with van der Waals surface area (Å²) in [6.45, 7) is 0.281. The van der Waals surface area contributed by atoms with Gasteiger partial charge in [-0.1, -0.05) is 60.4 Å². The smallest absolute Gasteiger partial charge is 0.267 e. The predicted octanol–water partition coefficient (Wildman–Crippen LogP) is 4.10. The third-order valence-corrected chi connectivity index (χ3v) is 4.66. The highest BCUT2D eigenvalue weighted by Crippen LogP contribution is 2.32. The summed E-state index contributed by atoms with van der Waals surface area (Å²) in [6, 6.07) is 15.9. The van der Waals surface area contributed by atoms with Gasteiger partial charge in [0.25, 0.3) is 5.91 Å². The molecule has 0 saturated carbocycles. The second-order valence-corrected chi connectivity index (χ2v) is 6.51. The van der Waals surface area contributed by atoms with Crippen LogP contribution in [-0.4, -0.2) is 21.8 Å². The molecule has 1 aliphatic rings. The van der Waals surface area contributed by atoms with E-state index in [0.29, 0.717) is 14.8 Å². The predicted molar refractivity (Wildman–Crippen MR) is 96.3 cm³/mol. The van der Waals surface area contributed by atoms with E-state index in [2.05, 4.69) is 5.32 Å². The summed E-state index contributed by atoms with van der Waals surface area (Å²) in [5, 5.41) is 3.15. The zero-order valence-electron chi connectivity index (χ0n) is 12.0. The summed E-state index contributed by atoms with van der Waals surface area (Å²) in [7, 11) is 0. The number of para-hydroxylation sites is 1. The fraction of sp³-hybridized carbons (Fsp3) is 0.0588. The average molecular weight is 344 g/mol. The van der Waals surface area contributed by atoms with Crippen molar-refractivity contribution in [3.05, 3.63) is 70.9 Å². The van der Waals surface area contributed by atoms with Crippen LogP contribution in [-0.2, 0) is 4.79 Å². The number of thioether (sulfide) groups is 1. The van der Waals surface area contributed by atoms with Crippen LogP contribution in [0.1, 0.15) is 5.56 Å². The molecule has 2 aromatic rings. The first-order valence-corrected chi connectivity index (χ1v) is 8.16. The van der Waals surface area contributed by atoms with Gasteiger partial charge in [-0.3, -0.25) is 9.69 Å². The molecule has 1 N–H and O–H groups in total. The summed E-state index contributed by atoms with van der Waals surface area (Å²) in [6.07, 6.45) is 1.54. The van der Waals surface area contributed by atoms with Crippen LogP contribution < -0.4 is 5.32 Å². The highest BCUT2D eigenvalue weighted by atomic mass is 32.2. The van der Waals surface area contributed by atoms with E-state index in [1.165, 1.54) is 28.8 Å². The van der Waals surface area contributed by atoms with E-state index in [9.17, 15) is 9.18 Å². The Balaban J connectivity index is 1.74. The molecule has 1 saturated heterocycles. The monoisotopic (exact) mass is 344 g/mol. The Morgan fingerprint density at radius 1 is 1.13 bits per heavy atom. The lowest BCUT2D eigenvalue weighted by Crippen LogP contribution is -2.33. The molecule has 3 nitrogen and oxygen atoms in total. The molecule has 1 heterocycles. The number of rotatable bonds is 4. The highest BCUT2D eigenvalue weighted by molar-refractivity contribution is 8.26. The van der Waals surface area contributed by atoms with Crippen LogP contribution >= 0.6 is 24.0 Å². The van der Waals surface area contributed by atoms with Crippen molar-refractivity contribution in [3.8, 4) is 0 Å². The molecule has 0 aromatic heterocycles. The van der Waals surface area contributed by atoms with Crippen LogP contribution in [0.15, 0.2) is 59.5 Å². The van der Waals surface area contributed by atoms with Crippen LogP contribution in [0.4, 0.5) is 10.1 Å². The third kappa shape index (κ3) is 3.60. The first kappa shape index (κ1) is 15.7. The first-order valence-electron chi connectivity index (χ1n) is 6.94. The molecular weight excluding hydrogens is 331 g/mol. The Morgan fingerprint density at radius 3 is 2.57 bits per heavy atom. The second-order valence-electron chi connectivity index (χ2n) is 4.83. The van der Waals surface area contributed by atoms with E-state index < -0.39 is 0 Å². The van der Waals surface area contributed by atoms with Gasteiger partial charge >= 0.3 is 0 Å². The van der Waals surface area contributed by atoms with E-state index >= 15 is 0 Å². The number of thiocarbonyl (C=S) groups is 1. The van der Waals surface area contributed by atoms with Crippen LogP contribution in [0, 0.1) is 5.82 Å². The molecule has 2 aromatic carbocycles. The van der Waals surface area contributed by atoms with Gasteiger partial charge in [-0.05, 0) is 24.3 Å². The molecule has 1 amide bonds. The van der Waals surface area contributed by atoms with Crippen molar-refractivity contribution in [2.45, 2.75) is 0 Å². The summed E-state index contributed by atoms with van der Waals surface area (Å²) >= 11 is 6.44. The molecule has 0 unspecified atom stereocenters. The second kappa shape index (κ2) is 6.93. The molecule has 0 spiro atoms. The molecule has 23 heavy (non-hydrogen) atoms. The van der Waals surface area contributed by atoms with Crippen molar-refractivity contribution in [1.82, 2.24) is 4.90 Å². The Kier molecular flexibility index (Phi) is 4.73. The van der Waals surface area contributed by atoms with Gasteiger partial charge in [-0.15, -0.1) is 0 Å². The number of nitrogens with zero attached hydrogens (tertiary/aromatic N) is 1. The number of nitrogens with one attached hydrogen (secondary N) is 1. The standard InChI is InChI=1S/C17H13FN2OS2/c18-14-9-5-4-6-12(14)10-15-16(21)20(17(22)23-15)11-19-13-7-2-1-3-8-13/h1-10,19H,11H2/b15-10+. The summed E-state index contributed by atoms with van der Waals surface area (Å²) in [4.78, 5) is 14.3. The Hall–Kier alpha value is -2.18. The van der Waals surface area contributed by atoms with E-state index in [4.69, 9.17) is 12.2 Å². The number of carbonyl (C=O) groups is 1. The number of benzene rings is 2. The average Bonchev–Trinajstić information content (AvgIpc) is 2.82. The lowest BCUT2D eigenvalue weighted by molar-refractivity contribution is -0.121. The third-order valence-electron chi connectivity index (χ3n) is 3.28. The maximum absolute atomic E-state index is 13.7. The van der Waals surface area contributed by atoms with Crippen molar-refractivity contribution in [1.29, 1.82) is 0 Å². The van der Waals surface area contributed by atoms with Crippen LogP contribution in [0.3, 0.4) is 0 Å². The minimum absolute atomic E-state index is 0.216. The van der Waals surface area contributed by atoms with Crippen molar-refractivity contribution in [2.24, 2.45) is 0 Å². The largest absolute Gasteiger partial charge is 0.367 e. The molecule has 0 bridgehead atoms. The Morgan fingerprint density at radius 2 is 1.83 bits per heavy atom. The molecule has 1 fully saturated rings. The number of amides is 1. The Bertz CT molecular complexity index is 777. The highest BCUT2D eigenvalue weighted by Gasteiger charge is 2.31. The van der Waals surface area contributed by atoms with Crippen molar-refractivity contribution >= 4 is 46.0 Å². The van der Waals surface area contributed by atoms with E-state index in [-0.39, 0.29) is 18.4 Å². The fourth-order valence-corrected chi connectivity index (χ4v) is 3.34. The minimum atomic E-state index is -0.361. The normalized spacial score (nSPS) is 16.2. The number of halogens is 1. The molecule has 1 aliphatic heterocycles. The van der Waals surface area contributed by atoms with Crippen LogP contribution in [0.2, 0.25) is 0 Å². The lowest BCUT2D eigenvalue weighted by atomic mass is 10.2. The lowest BCUT2D eigenvalue weighted by Gasteiger charge is -2.16. The SMILES string of the molecule is O=C1/C(=C\c2ccccc2F)SC(=S)N1CNc1ccccc1. The molecule has 0 aliphatic carbocycles. The zero-order valence-corrected chi connectivity index (χ0v) is 13.7. The zero-order chi connectivity index (χ0) is 16.2. The van der Waals surface area contributed by atoms with Gasteiger partial charge in [0.2, 0.25) is 0 Å². The van der Waals surface area contributed by atoms with Gasteiger partial charge in [-0.2, -0.15) is 0 Å². The molecule has 116 valence electrons. The number of hydrogen-bond acceptors (Lipinski definition) is 4.